The summed E-state index contributed by atoms with van der Waals surface area (Å²) in [6.07, 6.45) is 1.38. The molecule has 80 valence electrons. The summed E-state index contributed by atoms with van der Waals surface area (Å²) in [7, 11) is 0. The number of hydrogen-bond acceptors (Lipinski definition) is 3. The van der Waals surface area contributed by atoms with Gasteiger partial charge in [-0.1, -0.05) is 12.1 Å². The van der Waals surface area contributed by atoms with Crippen LogP contribution in [0.4, 0.5) is 0 Å². The molecule has 0 amide bonds. The van der Waals surface area contributed by atoms with Gasteiger partial charge in [0, 0.05) is 30.1 Å². The van der Waals surface area contributed by atoms with Crippen molar-refractivity contribution >= 4 is 11.8 Å². The van der Waals surface area contributed by atoms with E-state index >= 15 is 0 Å². The summed E-state index contributed by atoms with van der Waals surface area (Å²) in [5.41, 5.74) is 1.31. The third kappa shape index (κ3) is 1.86. The fourth-order valence-corrected chi connectivity index (χ4v) is 4.00. The van der Waals surface area contributed by atoms with Crippen LogP contribution in [0.2, 0.25) is 0 Å². The third-order valence-electron chi connectivity index (χ3n) is 3.34. The fraction of sp³-hybridized carbons (Fsp3) is 0.500. The zero-order valence-corrected chi connectivity index (χ0v) is 9.41. The second kappa shape index (κ2) is 3.72. The Hall–Kier alpha value is -0.670. The van der Waals surface area contributed by atoms with Crippen LogP contribution in [-0.2, 0) is 6.54 Å². The van der Waals surface area contributed by atoms with Crippen LogP contribution >= 0.6 is 11.8 Å². The molecule has 2 heterocycles. The van der Waals surface area contributed by atoms with Crippen molar-refractivity contribution in [3.05, 3.63) is 29.8 Å². The van der Waals surface area contributed by atoms with E-state index in [1.807, 2.05) is 12.1 Å². The maximum Gasteiger partial charge on any atom is 0.115 e. The Morgan fingerprint density at radius 1 is 1.33 bits per heavy atom. The first-order valence-corrected chi connectivity index (χ1v) is 6.50. The Balaban J connectivity index is 1.68. The average molecular weight is 221 g/mol. The number of fused-ring (bicyclic) bond motifs is 2. The van der Waals surface area contributed by atoms with Crippen LogP contribution in [0.5, 0.6) is 5.75 Å². The molecule has 2 aliphatic rings. The topological polar surface area (TPSA) is 23.5 Å². The highest BCUT2D eigenvalue weighted by atomic mass is 32.2. The summed E-state index contributed by atoms with van der Waals surface area (Å²) < 4.78 is 0. The van der Waals surface area contributed by atoms with Gasteiger partial charge in [-0.2, -0.15) is 11.8 Å². The van der Waals surface area contributed by atoms with Gasteiger partial charge in [0.15, 0.2) is 0 Å². The first-order valence-electron chi connectivity index (χ1n) is 5.45. The van der Waals surface area contributed by atoms with Crippen molar-refractivity contribution < 1.29 is 5.11 Å². The Morgan fingerprint density at radius 2 is 2.13 bits per heavy atom. The number of phenols is 1. The zero-order chi connectivity index (χ0) is 10.3. The van der Waals surface area contributed by atoms with E-state index in [-0.39, 0.29) is 0 Å². The summed E-state index contributed by atoms with van der Waals surface area (Å²) in [6, 6.07) is 8.40. The molecular weight excluding hydrogens is 206 g/mol. The minimum atomic E-state index is 0.359. The van der Waals surface area contributed by atoms with Crippen LogP contribution in [0, 0.1) is 0 Å². The Labute approximate surface area is 94.3 Å². The van der Waals surface area contributed by atoms with E-state index in [1.54, 1.807) is 12.1 Å². The Bertz CT molecular complexity index is 351. The molecule has 2 bridgehead atoms. The molecular formula is C12H15NOS. The second-order valence-corrected chi connectivity index (χ2v) is 5.77. The number of likely N-dealkylation sites (tertiary alicyclic amines) is 1. The first-order chi connectivity index (χ1) is 7.31. The molecule has 2 saturated heterocycles. The van der Waals surface area contributed by atoms with Gasteiger partial charge in [0.1, 0.15) is 5.75 Å². The van der Waals surface area contributed by atoms with Gasteiger partial charge >= 0.3 is 0 Å². The maximum atomic E-state index is 9.21. The van der Waals surface area contributed by atoms with Crippen molar-refractivity contribution in [2.45, 2.75) is 24.3 Å². The number of benzene rings is 1. The summed E-state index contributed by atoms with van der Waals surface area (Å²) in [4.78, 5) is 2.58. The van der Waals surface area contributed by atoms with E-state index in [1.165, 1.54) is 24.3 Å². The van der Waals surface area contributed by atoms with Crippen LogP contribution < -0.4 is 0 Å². The van der Waals surface area contributed by atoms with E-state index in [4.69, 9.17) is 0 Å². The quantitative estimate of drug-likeness (QED) is 0.827. The van der Waals surface area contributed by atoms with Crippen molar-refractivity contribution in [2.24, 2.45) is 0 Å². The van der Waals surface area contributed by atoms with Crippen LogP contribution in [0.1, 0.15) is 12.0 Å². The largest absolute Gasteiger partial charge is 0.508 e. The predicted octanol–water partition coefficient (Wildman–Crippen LogP) is 2.08. The molecule has 15 heavy (non-hydrogen) atoms. The molecule has 2 atom stereocenters. The SMILES string of the molecule is Oc1ccc(CN2CC3CC2CS3)cc1. The number of hydrogen-bond donors (Lipinski definition) is 1. The van der Waals surface area contributed by atoms with Crippen molar-refractivity contribution in [1.29, 1.82) is 0 Å². The number of rotatable bonds is 2. The van der Waals surface area contributed by atoms with E-state index in [0.717, 1.165) is 17.8 Å². The normalized spacial score (nSPS) is 29.9. The Morgan fingerprint density at radius 3 is 2.73 bits per heavy atom. The molecule has 1 aromatic rings. The molecule has 3 rings (SSSR count). The van der Waals surface area contributed by atoms with Gasteiger partial charge in [-0.25, -0.2) is 0 Å². The summed E-state index contributed by atoms with van der Waals surface area (Å²) in [5.74, 6) is 1.67. The molecule has 3 heteroatoms. The lowest BCUT2D eigenvalue weighted by Crippen LogP contribution is -2.33. The van der Waals surface area contributed by atoms with Crippen molar-refractivity contribution in [2.75, 3.05) is 12.3 Å². The van der Waals surface area contributed by atoms with Gasteiger partial charge in [-0.15, -0.1) is 0 Å². The first kappa shape index (κ1) is 9.55. The van der Waals surface area contributed by atoms with Crippen molar-refractivity contribution in [3.8, 4) is 5.75 Å². The second-order valence-electron chi connectivity index (χ2n) is 4.44. The average Bonchev–Trinajstić information content (AvgIpc) is 2.83. The van der Waals surface area contributed by atoms with Gasteiger partial charge in [-0.05, 0) is 24.1 Å². The van der Waals surface area contributed by atoms with E-state index in [2.05, 4.69) is 16.7 Å². The number of thioether (sulfide) groups is 1. The molecule has 0 radical (unpaired) electrons. The molecule has 0 aromatic heterocycles. The minimum absolute atomic E-state index is 0.359. The van der Waals surface area contributed by atoms with Gasteiger partial charge < -0.3 is 5.11 Å². The van der Waals surface area contributed by atoms with Gasteiger partial charge in [0.05, 0.1) is 0 Å². The lowest BCUT2D eigenvalue weighted by atomic mass is 10.2. The standard InChI is InChI=1S/C12H15NOS/c14-11-3-1-9(2-4-11)6-13-7-12-5-10(13)8-15-12/h1-4,10,12,14H,5-8H2. The fourth-order valence-electron chi connectivity index (χ4n) is 2.51. The van der Waals surface area contributed by atoms with Gasteiger partial charge in [0.2, 0.25) is 0 Å². The highest BCUT2D eigenvalue weighted by molar-refractivity contribution is 8.00. The van der Waals surface area contributed by atoms with Gasteiger partial charge in [0.25, 0.3) is 0 Å². The van der Waals surface area contributed by atoms with Crippen LogP contribution in [-0.4, -0.2) is 33.6 Å². The molecule has 0 aliphatic carbocycles. The summed E-state index contributed by atoms with van der Waals surface area (Å²) in [5, 5.41) is 10.1. The Kier molecular flexibility index (Phi) is 2.37. The molecule has 2 nitrogen and oxygen atoms in total. The maximum absolute atomic E-state index is 9.21. The summed E-state index contributed by atoms with van der Waals surface area (Å²) >= 11 is 2.13. The van der Waals surface area contributed by atoms with E-state index < -0.39 is 0 Å². The number of phenolic OH excluding ortho intramolecular Hbond substituents is 1. The molecule has 0 saturated carbocycles. The minimum Gasteiger partial charge on any atom is -0.508 e. The zero-order valence-electron chi connectivity index (χ0n) is 8.60. The van der Waals surface area contributed by atoms with E-state index in [0.29, 0.717) is 5.75 Å². The lowest BCUT2D eigenvalue weighted by molar-refractivity contribution is 0.261. The van der Waals surface area contributed by atoms with E-state index in [9.17, 15) is 5.11 Å². The highest BCUT2D eigenvalue weighted by Crippen LogP contribution is 2.38. The molecule has 2 aliphatic heterocycles. The smallest absolute Gasteiger partial charge is 0.115 e. The number of aromatic hydroxyl groups is 1. The summed E-state index contributed by atoms with van der Waals surface area (Å²) in [6.45, 7) is 2.29. The molecule has 1 aromatic carbocycles. The van der Waals surface area contributed by atoms with Crippen molar-refractivity contribution in [3.63, 3.8) is 0 Å². The van der Waals surface area contributed by atoms with Crippen LogP contribution in [0.3, 0.4) is 0 Å². The predicted molar refractivity (Wildman–Crippen MR) is 63.2 cm³/mol. The number of nitrogens with zero attached hydrogens (tertiary/aromatic N) is 1. The lowest BCUT2D eigenvalue weighted by Gasteiger charge is -2.26. The van der Waals surface area contributed by atoms with Gasteiger partial charge in [-0.3, -0.25) is 4.90 Å². The molecule has 2 unspecified atom stereocenters. The third-order valence-corrected chi connectivity index (χ3v) is 4.73. The molecule has 1 N–H and O–H groups in total. The van der Waals surface area contributed by atoms with Crippen LogP contribution in [0.25, 0.3) is 0 Å². The molecule has 0 spiro atoms. The monoisotopic (exact) mass is 221 g/mol. The van der Waals surface area contributed by atoms with Crippen LogP contribution in [0.15, 0.2) is 24.3 Å². The van der Waals surface area contributed by atoms with Crippen molar-refractivity contribution in [1.82, 2.24) is 4.90 Å². The highest BCUT2D eigenvalue weighted by Gasteiger charge is 2.37. The molecule has 2 fully saturated rings.